The van der Waals surface area contributed by atoms with E-state index in [-0.39, 0.29) is 5.91 Å². The number of carbonyl (C=O) groups excluding carboxylic acids is 2. The van der Waals surface area contributed by atoms with Crippen LogP contribution in [0.2, 0.25) is 0 Å². The summed E-state index contributed by atoms with van der Waals surface area (Å²) in [4.78, 5) is 29.2. The predicted molar refractivity (Wildman–Crippen MR) is 75.7 cm³/mol. The number of hydrogen-bond donors (Lipinski definition) is 1. The molecule has 1 aromatic heterocycles. The number of nitrogens with one attached hydrogen (secondary N) is 1. The Labute approximate surface area is 118 Å². The fraction of sp³-hybridized carbons (Fsp3) is 0.500. The van der Waals surface area contributed by atoms with E-state index >= 15 is 0 Å². The first kappa shape index (κ1) is 14.3. The second-order valence-corrected chi connectivity index (χ2v) is 5.68. The van der Waals surface area contributed by atoms with E-state index in [1.54, 1.807) is 44.0 Å². The zero-order chi connectivity index (χ0) is 14.8. The largest absolute Gasteiger partial charge is 0.444 e. The molecule has 6 nitrogen and oxygen atoms in total. The third-order valence-corrected chi connectivity index (χ3v) is 2.74. The number of rotatable bonds is 2. The predicted octanol–water partition coefficient (Wildman–Crippen LogP) is 2.56. The summed E-state index contributed by atoms with van der Waals surface area (Å²) in [5.41, 5.74) is 0.00848. The molecule has 2 rings (SSSR count). The Hall–Kier alpha value is -2.11. The van der Waals surface area contributed by atoms with Crippen LogP contribution in [0.3, 0.4) is 0 Å². The van der Waals surface area contributed by atoms with Crippen molar-refractivity contribution < 1.29 is 14.3 Å². The molecular weight excluding hydrogens is 258 g/mol. The molecule has 0 aliphatic carbocycles. The molecule has 1 aliphatic rings. The lowest BCUT2D eigenvalue weighted by atomic mass is 10.2. The topological polar surface area (TPSA) is 71.5 Å². The molecule has 0 bridgehead atoms. The highest BCUT2D eigenvalue weighted by molar-refractivity contribution is 5.95. The second kappa shape index (κ2) is 5.48. The summed E-state index contributed by atoms with van der Waals surface area (Å²) in [5, 5.41) is 2.64. The van der Waals surface area contributed by atoms with Gasteiger partial charge in [0, 0.05) is 30.9 Å². The Balaban J connectivity index is 2.06. The van der Waals surface area contributed by atoms with Crippen molar-refractivity contribution in [3.8, 4) is 0 Å². The summed E-state index contributed by atoms with van der Waals surface area (Å²) in [7, 11) is 0. The molecule has 1 N–H and O–H groups in total. The maximum absolute atomic E-state index is 11.7. The standard InChI is InChI=1S/C14H19N3O3/c1-14(2,3)20-13(19)16-10-6-7-15-11(9-10)17-8-4-5-12(17)18/h6-7,9H,4-5,8H2,1-3H3,(H,15,16,19). The second-order valence-electron chi connectivity index (χ2n) is 5.68. The van der Waals surface area contributed by atoms with Gasteiger partial charge in [-0.2, -0.15) is 0 Å². The fourth-order valence-electron chi connectivity index (χ4n) is 1.96. The quantitative estimate of drug-likeness (QED) is 0.901. The minimum absolute atomic E-state index is 0.0620. The van der Waals surface area contributed by atoms with Gasteiger partial charge in [-0.25, -0.2) is 9.78 Å². The number of amides is 2. The van der Waals surface area contributed by atoms with Crippen molar-refractivity contribution in [3.63, 3.8) is 0 Å². The normalized spacial score (nSPS) is 15.3. The SMILES string of the molecule is CC(C)(C)OC(=O)Nc1ccnc(N2CCCC2=O)c1. The van der Waals surface area contributed by atoms with Crippen LogP contribution in [0.4, 0.5) is 16.3 Å². The first-order chi connectivity index (χ1) is 9.35. The molecule has 0 saturated carbocycles. The zero-order valence-electron chi connectivity index (χ0n) is 12.0. The van der Waals surface area contributed by atoms with Gasteiger partial charge in [0.15, 0.2) is 0 Å². The van der Waals surface area contributed by atoms with Gasteiger partial charge in [0.2, 0.25) is 5.91 Å². The minimum Gasteiger partial charge on any atom is -0.444 e. The van der Waals surface area contributed by atoms with Crippen molar-refractivity contribution >= 4 is 23.5 Å². The monoisotopic (exact) mass is 277 g/mol. The van der Waals surface area contributed by atoms with E-state index in [4.69, 9.17) is 4.74 Å². The minimum atomic E-state index is -0.551. The number of nitrogens with zero attached hydrogens (tertiary/aromatic N) is 2. The summed E-state index contributed by atoms with van der Waals surface area (Å²) >= 11 is 0. The van der Waals surface area contributed by atoms with E-state index in [1.165, 1.54) is 0 Å². The molecule has 0 aromatic carbocycles. The molecular formula is C14H19N3O3. The molecule has 0 spiro atoms. The summed E-state index contributed by atoms with van der Waals surface area (Å²) in [6.45, 7) is 6.07. The fourth-order valence-corrected chi connectivity index (χ4v) is 1.96. The number of pyridine rings is 1. The maximum atomic E-state index is 11.7. The number of hydrogen-bond acceptors (Lipinski definition) is 4. The van der Waals surface area contributed by atoms with Crippen LogP contribution in [0.1, 0.15) is 33.6 Å². The van der Waals surface area contributed by atoms with Crippen LogP contribution in [0.25, 0.3) is 0 Å². The lowest BCUT2D eigenvalue weighted by molar-refractivity contribution is -0.117. The van der Waals surface area contributed by atoms with E-state index in [0.29, 0.717) is 24.5 Å². The zero-order valence-corrected chi connectivity index (χ0v) is 12.0. The van der Waals surface area contributed by atoms with E-state index in [9.17, 15) is 9.59 Å². The number of ether oxygens (including phenoxy) is 1. The Morgan fingerprint density at radius 2 is 2.20 bits per heavy atom. The van der Waals surface area contributed by atoms with Crippen LogP contribution in [0.5, 0.6) is 0 Å². The van der Waals surface area contributed by atoms with Gasteiger partial charge in [0.25, 0.3) is 0 Å². The number of carbonyl (C=O) groups is 2. The molecule has 0 unspecified atom stereocenters. The smallest absolute Gasteiger partial charge is 0.412 e. The van der Waals surface area contributed by atoms with Crippen molar-refractivity contribution in [1.29, 1.82) is 0 Å². The molecule has 1 fully saturated rings. The van der Waals surface area contributed by atoms with E-state index in [1.807, 2.05) is 0 Å². The molecule has 0 atom stereocenters. The van der Waals surface area contributed by atoms with Crippen molar-refractivity contribution in [3.05, 3.63) is 18.3 Å². The molecule has 2 amide bonds. The van der Waals surface area contributed by atoms with Crippen molar-refractivity contribution in [2.45, 2.75) is 39.2 Å². The lowest BCUT2D eigenvalue weighted by Gasteiger charge is -2.20. The maximum Gasteiger partial charge on any atom is 0.412 e. The van der Waals surface area contributed by atoms with Crippen LogP contribution in [-0.2, 0) is 9.53 Å². The van der Waals surface area contributed by atoms with Gasteiger partial charge >= 0.3 is 6.09 Å². The van der Waals surface area contributed by atoms with Gasteiger partial charge in [-0.05, 0) is 33.3 Å². The van der Waals surface area contributed by atoms with Gasteiger partial charge in [-0.15, -0.1) is 0 Å². The van der Waals surface area contributed by atoms with Crippen LogP contribution in [0.15, 0.2) is 18.3 Å². The van der Waals surface area contributed by atoms with Crippen LogP contribution in [0, 0.1) is 0 Å². The number of aromatic nitrogens is 1. The summed E-state index contributed by atoms with van der Waals surface area (Å²) in [6, 6.07) is 3.33. The third kappa shape index (κ3) is 3.69. The Bertz CT molecular complexity index is 523. The third-order valence-electron chi connectivity index (χ3n) is 2.74. The van der Waals surface area contributed by atoms with Gasteiger partial charge in [0.1, 0.15) is 11.4 Å². The highest BCUT2D eigenvalue weighted by Crippen LogP contribution is 2.22. The Morgan fingerprint density at radius 3 is 2.80 bits per heavy atom. The highest BCUT2D eigenvalue weighted by Gasteiger charge is 2.23. The van der Waals surface area contributed by atoms with E-state index < -0.39 is 11.7 Å². The summed E-state index contributed by atoms with van der Waals surface area (Å²) in [5.74, 6) is 0.618. The molecule has 20 heavy (non-hydrogen) atoms. The summed E-state index contributed by atoms with van der Waals surface area (Å²) < 4.78 is 5.18. The van der Waals surface area contributed by atoms with Gasteiger partial charge < -0.3 is 4.74 Å². The first-order valence-corrected chi connectivity index (χ1v) is 6.61. The Kier molecular flexibility index (Phi) is 3.92. The molecule has 2 heterocycles. The Morgan fingerprint density at radius 1 is 1.45 bits per heavy atom. The molecule has 0 radical (unpaired) electrons. The van der Waals surface area contributed by atoms with Gasteiger partial charge in [-0.1, -0.05) is 0 Å². The molecule has 1 saturated heterocycles. The van der Waals surface area contributed by atoms with Crippen molar-refractivity contribution in [1.82, 2.24) is 4.98 Å². The van der Waals surface area contributed by atoms with Crippen LogP contribution < -0.4 is 10.2 Å². The van der Waals surface area contributed by atoms with Gasteiger partial charge in [-0.3, -0.25) is 15.0 Å². The van der Waals surface area contributed by atoms with E-state index in [0.717, 1.165) is 6.42 Å². The number of anilines is 2. The molecule has 6 heteroatoms. The van der Waals surface area contributed by atoms with Crippen LogP contribution in [-0.4, -0.2) is 29.1 Å². The average Bonchev–Trinajstić information content (AvgIpc) is 2.73. The van der Waals surface area contributed by atoms with E-state index in [2.05, 4.69) is 10.3 Å². The van der Waals surface area contributed by atoms with Crippen molar-refractivity contribution in [2.24, 2.45) is 0 Å². The molecule has 108 valence electrons. The molecule has 1 aliphatic heterocycles. The lowest BCUT2D eigenvalue weighted by Crippen LogP contribution is -2.27. The molecule has 1 aromatic rings. The summed E-state index contributed by atoms with van der Waals surface area (Å²) in [6.07, 6.45) is 2.42. The average molecular weight is 277 g/mol. The van der Waals surface area contributed by atoms with Gasteiger partial charge in [0.05, 0.1) is 0 Å². The van der Waals surface area contributed by atoms with Crippen molar-refractivity contribution in [2.75, 3.05) is 16.8 Å². The first-order valence-electron chi connectivity index (χ1n) is 6.61. The van der Waals surface area contributed by atoms with Crippen LogP contribution >= 0.6 is 0 Å². The highest BCUT2D eigenvalue weighted by atomic mass is 16.6.